The van der Waals surface area contributed by atoms with Crippen LogP contribution in [-0.2, 0) is 0 Å². The summed E-state index contributed by atoms with van der Waals surface area (Å²) in [5.41, 5.74) is 1.05. The summed E-state index contributed by atoms with van der Waals surface area (Å²) in [5.74, 6) is 0.579. The number of hydrogen-bond acceptors (Lipinski definition) is 2. The molecule has 58 valence electrons. The maximum Gasteiger partial charge on any atom is 0.155 e. The van der Waals surface area contributed by atoms with Crippen molar-refractivity contribution < 1.29 is 0 Å². The Kier molecular flexibility index (Phi) is 1.74. The molecule has 0 unspecified atom stereocenters. The molecular weight excluding hydrogens is 183 g/mol. The van der Waals surface area contributed by atoms with E-state index >= 15 is 0 Å². The van der Waals surface area contributed by atoms with Crippen LogP contribution in [-0.4, -0.2) is 10.2 Å². The van der Waals surface area contributed by atoms with Crippen molar-refractivity contribution >= 4 is 23.2 Å². The third kappa shape index (κ3) is 1.47. The lowest BCUT2D eigenvalue weighted by Gasteiger charge is -1.98. The largest absolute Gasteiger partial charge is 0.155 e. The minimum absolute atomic E-state index is 0.427. The topological polar surface area (TPSA) is 25.8 Å². The first-order chi connectivity index (χ1) is 5.27. The first-order valence-corrected chi connectivity index (χ1v) is 4.21. The molecule has 0 aromatic carbocycles. The summed E-state index contributed by atoms with van der Waals surface area (Å²) in [6.45, 7) is 0. The number of halogens is 2. The number of hydrogen-bond donors (Lipinski definition) is 0. The summed E-state index contributed by atoms with van der Waals surface area (Å²) in [6, 6.07) is 1.80. The van der Waals surface area contributed by atoms with Crippen molar-refractivity contribution in [3.63, 3.8) is 0 Å². The zero-order valence-electron chi connectivity index (χ0n) is 5.72. The fraction of sp³-hybridized carbons (Fsp3) is 0.429. The molecule has 4 heteroatoms. The summed E-state index contributed by atoms with van der Waals surface area (Å²) in [6.07, 6.45) is 2.39. The molecule has 0 atom stereocenters. The summed E-state index contributed by atoms with van der Waals surface area (Å²) in [4.78, 5) is 0. The second kappa shape index (κ2) is 2.61. The van der Waals surface area contributed by atoms with Gasteiger partial charge in [0, 0.05) is 0 Å². The van der Waals surface area contributed by atoms with Crippen molar-refractivity contribution in [1.82, 2.24) is 10.2 Å². The molecule has 0 bridgehead atoms. The van der Waals surface area contributed by atoms with Gasteiger partial charge in [0.2, 0.25) is 0 Å². The molecule has 0 radical (unpaired) electrons. The van der Waals surface area contributed by atoms with Crippen molar-refractivity contribution in [2.75, 3.05) is 0 Å². The number of rotatable bonds is 1. The summed E-state index contributed by atoms with van der Waals surface area (Å²) < 4.78 is 0. The van der Waals surface area contributed by atoms with Gasteiger partial charge >= 0.3 is 0 Å². The van der Waals surface area contributed by atoms with Crippen LogP contribution >= 0.6 is 23.2 Å². The molecule has 1 heterocycles. The molecule has 0 saturated heterocycles. The molecule has 11 heavy (non-hydrogen) atoms. The molecule has 1 saturated carbocycles. The molecule has 0 aliphatic heterocycles. The zero-order valence-corrected chi connectivity index (χ0v) is 7.23. The fourth-order valence-corrected chi connectivity index (χ4v) is 1.45. The van der Waals surface area contributed by atoms with E-state index in [1.165, 1.54) is 12.8 Å². The highest BCUT2D eigenvalue weighted by Crippen LogP contribution is 2.42. The van der Waals surface area contributed by atoms with Crippen LogP contribution in [0.1, 0.15) is 24.3 Å². The highest BCUT2D eigenvalue weighted by molar-refractivity contribution is 6.31. The summed E-state index contributed by atoms with van der Waals surface area (Å²) >= 11 is 11.5. The van der Waals surface area contributed by atoms with E-state index in [1.54, 1.807) is 6.07 Å². The van der Waals surface area contributed by atoms with Gasteiger partial charge in [0.05, 0.1) is 0 Å². The van der Waals surface area contributed by atoms with Crippen LogP contribution in [0.5, 0.6) is 0 Å². The standard InChI is InChI=1S/C7H6Cl2N2/c8-6-3-5(4-1-2-4)7(9)11-10-6/h3-4H,1-2H2. The summed E-state index contributed by atoms with van der Waals surface area (Å²) in [5, 5.41) is 8.28. The van der Waals surface area contributed by atoms with Crippen LogP contribution < -0.4 is 0 Å². The molecule has 1 aliphatic rings. The Balaban J connectivity index is 2.42. The Hall–Kier alpha value is -0.340. The minimum atomic E-state index is 0.427. The molecule has 2 rings (SSSR count). The fourth-order valence-electron chi connectivity index (χ4n) is 1.05. The van der Waals surface area contributed by atoms with Crippen LogP contribution in [0.3, 0.4) is 0 Å². The van der Waals surface area contributed by atoms with Crippen molar-refractivity contribution in [3.05, 3.63) is 21.9 Å². The van der Waals surface area contributed by atoms with E-state index in [1.807, 2.05) is 0 Å². The van der Waals surface area contributed by atoms with E-state index in [0.29, 0.717) is 16.2 Å². The quantitative estimate of drug-likeness (QED) is 0.678. The smallest absolute Gasteiger partial charge is 0.137 e. The van der Waals surface area contributed by atoms with E-state index < -0.39 is 0 Å². The molecule has 2 nitrogen and oxygen atoms in total. The second-order valence-corrected chi connectivity index (χ2v) is 3.43. The lowest BCUT2D eigenvalue weighted by molar-refractivity contribution is 0.979. The molecule has 1 fully saturated rings. The Labute approximate surface area is 74.5 Å². The van der Waals surface area contributed by atoms with Gasteiger partial charge in [-0.2, -0.15) is 0 Å². The normalized spacial score (nSPS) is 16.9. The van der Waals surface area contributed by atoms with Gasteiger partial charge < -0.3 is 0 Å². The molecule has 1 aromatic heterocycles. The average Bonchev–Trinajstić information content (AvgIpc) is 2.76. The van der Waals surface area contributed by atoms with Crippen LogP contribution in [0.15, 0.2) is 6.07 Å². The van der Waals surface area contributed by atoms with E-state index in [2.05, 4.69) is 10.2 Å². The van der Waals surface area contributed by atoms with Crippen molar-refractivity contribution in [3.8, 4) is 0 Å². The Morgan fingerprint density at radius 1 is 1.27 bits per heavy atom. The average molecular weight is 189 g/mol. The van der Waals surface area contributed by atoms with Crippen LogP contribution in [0.4, 0.5) is 0 Å². The third-order valence-electron chi connectivity index (χ3n) is 1.76. The van der Waals surface area contributed by atoms with Crippen molar-refractivity contribution in [1.29, 1.82) is 0 Å². The minimum Gasteiger partial charge on any atom is -0.137 e. The predicted molar refractivity (Wildman–Crippen MR) is 44.0 cm³/mol. The highest BCUT2D eigenvalue weighted by Gasteiger charge is 2.26. The summed E-state index contributed by atoms with van der Waals surface area (Å²) in [7, 11) is 0. The SMILES string of the molecule is Clc1cc(C2CC2)c(Cl)nn1. The molecule has 0 spiro atoms. The first kappa shape index (κ1) is 7.32. The van der Waals surface area contributed by atoms with Gasteiger partial charge in [0.1, 0.15) is 0 Å². The maximum atomic E-state index is 5.80. The van der Waals surface area contributed by atoms with Gasteiger partial charge in [0.15, 0.2) is 10.3 Å². The highest BCUT2D eigenvalue weighted by atomic mass is 35.5. The number of aromatic nitrogens is 2. The van der Waals surface area contributed by atoms with E-state index in [9.17, 15) is 0 Å². The lowest BCUT2D eigenvalue weighted by Crippen LogP contribution is -1.89. The molecular formula is C7H6Cl2N2. The van der Waals surface area contributed by atoms with E-state index in [-0.39, 0.29) is 0 Å². The molecule has 1 aliphatic carbocycles. The van der Waals surface area contributed by atoms with Gasteiger partial charge in [0.25, 0.3) is 0 Å². The van der Waals surface area contributed by atoms with Gasteiger partial charge in [-0.05, 0) is 30.4 Å². The van der Waals surface area contributed by atoms with Crippen LogP contribution in [0.25, 0.3) is 0 Å². The third-order valence-corrected chi connectivity index (χ3v) is 2.24. The van der Waals surface area contributed by atoms with Crippen LogP contribution in [0.2, 0.25) is 10.3 Å². The van der Waals surface area contributed by atoms with Gasteiger partial charge in [-0.15, -0.1) is 10.2 Å². The Bertz CT molecular complexity index is 284. The number of nitrogens with zero attached hydrogens (tertiary/aromatic N) is 2. The Morgan fingerprint density at radius 2 is 2.00 bits per heavy atom. The lowest BCUT2D eigenvalue weighted by atomic mass is 10.2. The zero-order chi connectivity index (χ0) is 7.84. The molecule has 0 N–H and O–H groups in total. The second-order valence-electron chi connectivity index (χ2n) is 2.69. The maximum absolute atomic E-state index is 5.80. The van der Waals surface area contributed by atoms with E-state index in [0.717, 1.165) is 5.56 Å². The van der Waals surface area contributed by atoms with Crippen LogP contribution in [0, 0.1) is 0 Å². The predicted octanol–water partition coefficient (Wildman–Crippen LogP) is 2.66. The van der Waals surface area contributed by atoms with Crippen molar-refractivity contribution in [2.24, 2.45) is 0 Å². The van der Waals surface area contributed by atoms with Gasteiger partial charge in [-0.25, -0.2) is 0 Å². The first-order valence-electron chi connectivity index (χ1n) is 3.46. The monoisotopic (exact) mass is 188 g/mol. The van der Waals surface area contributed by atoms with Crippen molar-refractivity contribution in [2.45, 2.75) is 18.8 Å². The van der Waals surface area contributed by atoms with E-state index in [4.69, 9.17) is 23.2 Å². The molecule has 1 aromatic rings. The Morgan fingerprint density at radius 3 is 2.64 bits per heavy atom. The van der Waals surface area contributed by atoms with Gasteiger partial charge in [-0.1, -0.05) is 23.2 Å². The van der Waals surface area contributed by atoms with Gasteiger partial charge in [-0.3, -0.25) is 0 Å². The molecule has 0 amide bonds.